The fourth-order valence-electron chi connectivity index (χ4n) is 1.53. The Hall–Kier alpha value is -2.03. The number of carbonyl (C=O) groups is 1. The lowest BCUT2D eigenvalue weighted by Gasteiger charge is -2.10. The van der Waals surface area contributed by atoms with Gasteiger partial charge in [0.15, 0.2) is 0 Å². The topological polar surface area (TPSA) is 62.1 Å². The minimum Gasteiger partial charge on any atom is -0.495 e. The number of hydrogen-bond donors (Lipinski definition) is 1. The predicted octanol–water partition coefficient (Wildman–Crippen LogP) is 3.53. The van der Waals surface area contributed by atoms with Crippen LogP contribution < -0.4 is 10.1 Å². The molecule has 0 unspecified atom stereocenters. The molecule has 0 saturated carbocycles. The van der Waals surface area contributed by atoms with Crippen molar-refractivity contribution in [2.24, 2.45) is 0 Å². The first-order chi connectivity index (χ1) is 9.15. The van der Waals surface area contributed by atoms with E-state index in [1.165, 1.54) is 18.4 Å². The van der Waals surface area contributed by atoms with Crippen molar-refractivity contribution in [3.8, 4) is 11.8 Å². The maximum atomic E-state index is 12.0. The summed E-state index contributed by atoms with van der Waals surface area (Å²) in [7, 11) is 1.48. The number of halogens is 1. The number of carbonyl (C=O) groups excluding carboxylic acids is 1. The molecule has 1 aromatic carbocycles. The smallest absolute Gasteiger partial charge is 0.265 e. The van der Waals surface area contributed by atoms with Crippen LogP contribution in [0.25, 0.3) is 0 Å². The van der Waals surface area contributed by atoms with Gasteiger partial charge in [-0.25, -0.2) is 0 Å². The number of anilines is 1. The second-order valence-corrected chi connectivity index (χ2v) is 5.27. The highest BCUT2D eigenvalue weighted by molar-refractivity contribution is 7.18. The Labute approximate surface area is 119 Å². The van der Waals surface area contributed by atoms with Gasteiger partial charge in [-0.2, -0.15) is 5.26 Å². The maximum Gasteiger partial charge on any atom is 0.265 e. The van der Waals surface area contributed by atoms with Gasteiger partial charge in [-0.3, -0.25) is 4.79 Å². The zero-order valence-electron chi connectivity index (χ0n) is 9.94. The van der Waals surface area contributed by atoms with Crippen molar-refractivity contribution >= 4 is 34.5 Å². The first-order valence-corrected chi connectivity index (χ1v) is 6.49. The van der Waals surface area contributed by atoms with Gasteiger partial charge in [0, 0.05) is 0 Å². The Morgan fingerprint density at radius 1 is 1.42 bits per heavy atom. The molecule has 0 aliphatic heterocycles. The third-order valence-corrected chi connectivity index (χ3v) is 3.63. The number of methoxy groups -OCH3 is 1. The van der Waals surface area contributed by atoms with Crippen LogP contribution in [0.15, 0.2) is 30.3 Å². The average Bonchev–Trinajstić information content (AvgIpc) is 2.85. The van der Waals surface area contributed by atoms with Crippen LogP contribution >= 0.6 is 22.9 Å². The lowest BCUT2D eigenvalue weighted by molar-refractivity contribution is 0.103. The Kier molecular flexibility index (Phi) is 4.05. The minimum atomic E-state index is -0.321. The summed E-state index contributed by atoms with van der Waals surface area (Å²) in [6, 6.07) is 10.3. The molecule has 2 rings (SSSR count). The van der Waals surface area contributed by atoms with Crippen molar-refractivity contribution in [3.05, 3.63) is 45.1 Å². The largest absolute Gasteiger partial charge is 0.495 e. The van der Waals surface area contributed by atoms with Gasteiger partial charge < -0.3 is 10.1 Å². The van der Waals surface area contributed by atoms with Crippen molar-refractivity contribution in [3.63, 3.8) is 0 Å². The SMILES string of the molecule is COc1cccc(C#N)c1NC(=O)c1ccc(Cl)s1. The van der Waals surface area contributed by atoms with Crippen molar-refractivity contribution in [2.45, 2.75) is 0 Å². The maximum absolute atomic E-state index is 12.0. The van der Waals surface area contributed by atoms with E-state index in [0.29, 0.717) is 26.2 Å². The van der Waals surface area contributed by atoms with Crippen LogP contribution in [-0.4, -0.2) is 13.0 Å². The molecule has 0 saturated heterocycles. The number of thiophene rings is 1. The molecule has 1 aromatic heterocycles. The summed E-state index contributed by atoms with van der Waals surface area (Å²) in [5, 5.41) is 11.7. The minimum absolute atomic E-state index is 0.321. The first kappa shape index (κ1) is 13.4. The Bertz CT molecular complexity index is 661. The van der Waals surface area contributed by atoms with Crippen LogP contribution in [0.3, 0.4) is 0 Å². The summed E-state index contributed by atoms with van der Waals surface area (Å²) in [4.78, 5) is 12.5. The molecular formula is C13H9ClN2O2S. The van der Waals surface area contributed by atoms with E-state index in [2.05, 4.69) is 5.32 Å². The number of ether oxygens (including phenoxy) is 1. The van der Waals surface area contributed by atoms with Gasteiger partial charge in [-0.05, 0) is 24.3 Å². The Balaban J connectivity index is 2.33. The van der Waals surface area contributed by atoms with Crippen LogP contribution in [0.2, 0.25) is 4.34 Å². The van der Waals surface area contributed by atoms with E-state index in [1.807, 2.05) is 6.07 Å². The summed E-state index contributed by atoms with van der Waals surface area (Å²) >= 11 is 6.96. The molecule has 0 bridgehead atoms. The van der Waals surface area contributed by atoms with E-state index in [-0.39, 0.29) is 5.91 Å². The first-order valence-electron chi connectivity index (χ1n) is 5.29. The molecule has 1 N–H and O–H groups in total. The highest BCUT2D eigenvalue weighted by Crippen LogP contribution is 2.29. The number of hydrogen-bond acceptors (Lipinski definition) is 4. The molecule has 0 aliphatic carbocycles. The van der Waals surface area contributed by atoms with Gasteiger partial charge in [0.1, 0.15) is 17.5 Å². The summed E-state index contributed by atoms with van der Waals surface area (Å²) in [5.74, 6) is 0.118. The van der Waals surface area contributed by atoms with Gasteiger partial charge >= 0.3 is 0 Å². The zero-order valence-corrected chi connectivity index (χ0v) is 11.5. The second-order valence-electron chi connectivity index (χ2n) is 3.55. The second kappa shape index (κ2) is 5.74. The lowest BCUT2D eigenvalue weighted by Crippen LogP contribution is -2.12. The number of nitrogens with zero attached hydrogens (tertiary/aromatic N) is 1. The quantitative estimate of drug-likeness (QED) is 0.941. The zero-order chi connectivity index (χ0) is 13.8. The molecule has 4 nitrogen and oxygen atoms in total. The molecule has 1 heterocycles. The van der Waals surface area contributed by atoms with Crippen LogP contribution in [0.1, 0.15) is 15.2 Å². The van der Waals surface area contributed by atoms with Gasteiger partial charge in [0.05, 0.1) is 21.9 Å². The van der Waals surface area contributed by atoms with Crippen molar-refractivity contribution in [1.82, 2.24) is 0 Å². The third-order valence-electron chi connectivity index (χ3n) is 2.40. The summed E-state index contributed by atoms with van der Waals surface area (Å²) < 4.78 is 5.67. The van der Waals surface area contributed by atoms with Gasteiger partial charge in [-0.1, -0.05) is 17.7 Å². The van der Waals surface area contributed by atoms with Crippen molar-refractivity contribution in [1.29, 1.82) is 5.26 Å². The molecule has 0 atom stereocenters. The van der Waals surface area contributed by atoms with E-state index in [4.69, 9.17) is 21.6 Å². The highest BCUT2D eigenvalue weighted by atomic mass is 35.5. The fourth-order valence-corrected chi connectivity index (χ4v) is 2.47. The molecule has 0 radical (unpaired) electrons. The summed E-state index contributed by atoms with van der Waals surface area (Å²) in [6.45, 7) is 0. The van der Waals surface area contributed by atoms with E-state index >= 15 is 0 Å². The molecule has 19 heavy (non-hydrogen) atoms. The number of nitrogens with one attached hydrogen (secondary N) is 1. The monoisotopic (exact) mass is 292 g/mol. The third kappa shape index (κ3) is 2.87. The summed E-state index contributed by atoms with van der Waals surface area (Å²) in [5.41, 5.74) is 0.706. The number of para-hydroxylation sites is 1. The van der Waals surface area contributed by atoms with Crippen LogP contribution in [0.5, 0.6) is 5.75 Å². The van der Waals surface area contributed by atoms with E-state index in [9.17, 15) is 4.79 Å². The molecule has 1 amide bonds. The average molecular weight is 293 g/mol. The predicted molar refractivity (Wildman–Crippen MR) is 75.0 cm³/mol. The molecule has 96 valence electrons. The highest BCUT2D eigenvalue weighted by Gasteiger charge is 2.14. The van der Waals surface area contributed by atoms with Gasteiger partial charge in [0.25, 0.3) is 5.91 Å². The van der Waals surface area contributed by atoms with Crippen LogP contribution in [0.4, 0.5) is 5.69 Å². The molecule has 0 aliphatic rings. The van der Waals surface area contributed by atoms with Gasteiger partial charge in [-0.15, -0.1) is 11.3 Å². The summed E-state index contributed by atoms with van der Waals surface area (Å²) in [6.07, 6.45) is 0. The molecular weight excluding hydrogens is 284 g/mol. The van der Waals surface area contributed by atoms with E-state index < -0.39 is 0 Å². The van der Waals surface area contributed by atoms with E-state index in [1.54, 1.807) is 30.3 Å². The van der Waals surface area contributed by atoms with Crippen LogP contribution in [0, 0.1) is 11.3 Å². The number of benzene rings is 1. The standard InChI is InChI=1S/C13H9ClN2O2S/c1-18-9-4-2-3-8(7-15)12(9)16-13(17)10-5-6-11(14)19-10/h2-6H,1H3,(H,16,17). The number of rotatable bonds is 3. The number of nitriles is 1. The van der Waals surface area contributed by atoms with E-state index in [0.717, 1.165) is 0 Å². The molecule has 0 spiro atoms. The van der Waals surface area contributed by atoms with Crippen molar-refractivity contribution < 1.29 is 9.53 Å². The number of amides is 1. The van der Waals surface area contributed by atoms with Crippen LogP contribution in [-0.2, 0) is 0 Å². The van der Waals surface area contributed by atoms with Crippen molar-refractivity contribution in [2.75, 3.05) is 12.4 Å². The Morgan fingerprint density at radius 3 is 2.79 bits per heavy atom. The fraction of sp³-hybridized carbons (Fsp3) is 0.0769. The molecule has 2 aromatic rings. The van der Waals surface area contributed by atoms with Gasteiger partial charge in [0.2, 0.25) is 0 Å². The molecule has 6 heteroatoms. The lowest BCUT2D eigenvalue weighted by atomic mass is 10.1. The normalized spacial score (nSPS) is 9.74. The Morgan fingerprint density at radius 2 is 2.21 bits per heavy atom. The molecule has 0 fully saturated rings.